The summed E-state index contributed by atoms with van der Waals surface area (Å²) in [6.07, 6.45) is 7.39. The van der Waals surface area contributed by atoms with Gasteiger partial charge in [0, 0.05) is 31.0 Å². The van der Waals surface area contributed by atoms with Gasteiger partial charge in [0.25, 0.3) is 0 Å². The van der Waals surface area contributed by atoms with Gasteiger partial charge in [-0.1, -0.05) is 0 Å². The molecule has 88 valence electrons. The van der Waals surface area contributed by atoms with Gasteiger partial charge in [-0.25, -0.2) is 0 Å². The fraction of sp³-hybridized carbons (Fsp3) is 0.615. The topological polar surface area (TPSA) is 42.4 Å². The largest absolute Gasteiger partial charge is 0.388 e. The molecular formula is C13H19NO2. The molecule has 1 aliphatic rings. The first-order chi connectivity index (χ1) is 7.77. The predicted molar refractivity (Wildman–Crippen MR) is 62.1 cm³/mol. The molecule has 1 aromatic heterocycles. The van der Waals surface area contributed by atoms with E-state index in [0.717, 1.165) is 30.6 Å². The molecule has 1 aromatic rings. The van der Waals surface area contributed by atoms with E-state index >= 15 is 0 Å². The Kier molecular flexibility index (Phi) is 3.91. The summed E-state index contributed by atoms with van der Waals surface area (Å²) < 4.78 is 5.63. The Morgan fingerprint density at radius 3 is 3.12 bits per heavy atom. The lowest BCUT2D eigenvalue weighted by Crippen LogP contribution is -2.21. The summed E-state index contributed by atoms with van der Waals surface area (Å²) in [5.74, 6) is 0. The Bertz CT molecular complexity index is 334. The van der Waals surface area contributed by atoms with Crippen molar-refractivity contribution in [1.29, 1.82) is 0 Å². The molecule has 0 bridgehead atoms. The van der Waals surface area contributed by atoms with Crippen LogP contribution in [-0.2, 0) is 4.74 Å². The predicted octanol–water partition coefficient (Wildman–Crippen LogP) is 2.38. The fourth-order valence-corrected chi connectivity index (χ4v) is 2.19. The zero-order valence-corrected chi connectivity index (χ0v) is 9.72. The van der Waals surface area contributed by atoms with Gasteiger partial charge in [-0.05, 0) is 37.8 Å². The minimum absolute atomic E-state index is 0.211. The maximum absolute atomic E-state index is 10.1. The van der Waals surface area contributed by atoms with Gasteiger partial charge < -0.3 is 9.84 Å². The molecule has 0 saturated carbocycles. The number of aryl methyl sites for hydroxylation is 1. The van der Waals surface area contributed by atoms with Crippen LogP contribution in [0.15, 0.2) is 18.5 Å². The van der Waals surface area contributed by atoms with Crippen LogP contribution in [0.2, 0.25) is 0 Å². The van der Waals surface area contributed by atoms with Crippen molar-refractivity contribution in [2.24, 2.45) is 0 Å². The van der Waals surface area contributed by atoms with Crippen LogP contribution >= 0.6 is 0 Å². The minimum atomic E-state index is -0.447. The van der Waals surface area contributed by atoms with E-state index in [1.807, 2.05) is 13.0 Å². The highest BCUT2D eigenvalue weighted by Crippen LogP contribution is 2.25. The first-order valence-corrected chi connectivity index (χ1v) is 5.97. The van der Waals surface area contributed by atoms with Crippen molar-refractivity contribution in [3.8, 4) is 0 Å². The molecule has 2 unspecified atom stereocenters. The third kappa shape index (κ3) is 2.80. The van der Waals surface area contributed by atoms with Crippen molar-refractivity contribution in [3.63, 3.8) is 0 Å². The molecule has 1 saturated heterocycles. The van der Waals surface area contributed by atoms with Crippen LogP contribution in [-0.4, -0.2) is 22.8 Å². The number of aromatic nitrogens is 1. The van der Waals surface area contributed by atoms with Crippen LogP contribution in [0.5, 0.6) is 0 Å². The van der Waals surface area contributed by atoms with Crippen LogP contribution < -0.4 is 0 Å². The highest BCUT2D eigenvalue weighted by Gasteiger charge is 2.20. The van der Waals surface area contributed by atoms with Crippen LogP contribution in [0, 0.1) is 6.92 Å². The van der Waals surface area contributed by atoms with Gasteiger partial charge in [0.15, 0.2) is 0 Å². The summed E-state index contributed by atoms with van der Waals surface area (Å²) in [6.45, 7) is 2.84. The monoisotopic (exact) mass is 221 g/mol. The third-order valence-corrected chi connectivity index (χ3v) is 3.20. The lowest BCUT2D eigenvalue weighted by molar-refractivity contribution is -0.0157. The van der Waals surface area contributed by atoms with Gasteiger partial charge in [0.2, 0.25) is 0 Å². The number of hydrogen-bond donors (Lipinski definition) is 1. The van der Waals surface area contributed by atoms with E-state index in [-0.39, 0.29) is 6.10 Å². The Labute approximate surface area is 96.5 Å². The van der Waals surface area contributed by atoms with E-state index in [1.54, 1.807) is 12.4 Å². The summed E-state index contributed by atoms with van der Waals surface area (Å²) in [5, 5.41) is 10.1. The molecule has 2 heterocycles. The molecule has 1 aliphatic heterocycles. The molecule has 16 heavy (non-hydrogen) atoms. The van der Waals surface area contributed by atoms with Crippen LogP contribution in [0.3, 0.4) is 0 Å². The molecule has 2 rings (SSSR count). The van der Waals surface area contributed by atoms with Crippen LogP contribution in [0.4, 0.5) is 0 Å². The molecular weight excluding hydrogens is 202 g/mol. The highest BCUT2D eigenvalue weighted by atomic mass is 16.5. The molecule has 0 aromatic carbocycles. The lowest BCUT2D eigenvalue weighted by atomic mass is 9.97. The average Bonchev–Trinajstić information content (AvgIpc) is 2.31. The number of nitrogens with zero attached hydrogens (tertiary/aromatic N) is 1. The van der Waals surface area contributed by atoms with Crippen molar-refractivity contribution < 1.29 is 9.84 Å². The standard InChI is InChI=1S/C13H19NO2/c1-10-5-6-14-9-12(10)13(15)8-11-4-2-3-7-16-11/h5-6,9,11,13,15H,2-4,7-8H2,1H3. The van der Waals surface area contributed by atoms with E-state index < -0.39 is 6.10 Å². The maximum atomic E-state index is 10.1. The minimum Gasteiger partial charge on any atom is -0.388 e. The second-order valence-corrected chi connectivity index (χ2v) is 4.47. The zero-order chi connectivity index (χ0) is 11.4. The van der Waals surface area contributed by atoms with E-state index in [1.165, 1.54) is 6.42 Å². The first-order valence-electron chi connectivity index (χ1n) is 5.97. The van der Waals surface area contributed by atoms with Crippen molar-refractivity contribution in [2.75, 3.05) is 6.61 Å². The van der Waals surface area contributed by atoms with Gasteiger partial charge in [0.1, 0.15) is 0 Å². The maximum Gasteiger partial charge on any atom is 0.0832 e. The Morgan fingerprint density at radius 2 is 2.44 bits per heavy atom. The SMILES string of the molecule is Cc1ccncc1C(O)CC1CCCCO1. The van der Waals surface area contributed by atoms with Gasteiger partial charge in [-0.3, -0.25) is 4.98 Å². The molecule has 1 N–H and O–H groups in total. The molecule has 1 fully saturated rings. The quantitative estimate of drug-likeness (QED) is 0.852. The van der Waals surface area contributed by atoms with Gasteiger partial charge >= 0.3 is 0 Å². The van der Waals surface area contributed by atoms with Gasteiger partial charge in [-0.15, -0.1) is 0 Å². The second-order valence-electron chi connectivity index (χ2n) is 4.47. The lowest BCUT2D eigenvalue weighted by Gasteiger charge is -2.25. The average molecular weight is 221 g/mol. The van der Waals surface area contributed by atoms with Crippen LogP contribution in [0.25, 0.3) is 0 Å². The van der Waals surface area contributed by atoms with Crippen LogP contribution in [0.1, 0.15) is 42.9 Å². The second kappa shape index (κ2) is 5.41. The summed E-state index contributed by atoms with van der Waals surface area (Å²) >= 11 is 0. The number of hydrogen-bond acceptors (Lipinski definition) is 3. The number of rotatable bonds is 3. The summed E-state index contributed by atoms with van der Waals surface area (Å²) in [4.78, 5) is 4.06. The number of pyridine rings is 1. The normalized spacial score (nSPS) is 23.0. The van der Waals surface area contributed by atoms with E-state index in [9.17, 15) is 5.11 Å². The molecule has 2 atom stereocenters. The van der Waals surface area contributed by atoms with Gasteiger partial charge in [0.05, 0.1) is 12.2 Å². The Hall–Kier alpha value is -0.930. The molecule has 0 spiro atoms. The van der Waals surface area contributed by atoms with E-state index in [2.05, 4.69) is 4.98 Å². The molecule has 0 amide bonds. The van der Waals surface area contributed by atoms with Gasteiger partial charge in [-0.2, -0.15) is 0 Å². The molecule has 3 nitrogen and oxygen atoms in total. The number of aliphatic hydroxyl groups excluding tert-OH is 1. The smallest absolute Gasteiger partial charge is 0.0832 e. The molecule has 0 radical (unpaired) electrons. The summed E-state index contributed by atoms with van der Waals surface area (Å²) in [6, 6.07) is 1.93. The summed E-state index contributed by atoms with van der Waals surface area (Å²) in [7, 11) is 0. The van der Waals surface area contributed by atoms with Crippen molar-refractivity contribution >= 4 is 0 Å². The molecule has 0 aliphatic carbocycles. The van der Waals surface area contributed by atoms with E-state index in [4.69, 9.17) is 4.74 Å². The molecule has 3 heteroatoms. The number of aliphatic hydroxyl groups is 1. The van der Waals surface area contributed by atoms with Crippen molar-refractivity contribution in [2.45, 2.75) is 44.8 Å². The summed E-state index contributed by atoms with van der Waals surface area (Å²) in [5.41, 5.74) is 2.02. The Balaban J connectivity index is 1.96. The highest BCUT2D eigenvalue weighted by molar-refractivity contribution is 5.23. The fourth-order valence-electron chi connectivity index (χ4n) is 2.19. The zero-order valence-electron chi connectivity index (χ0n) is 9.72. The number of ether oxygens (including phenoxy) is 1. The van der Waals surface area contributed by atoms with Crippen molar-refractivity contribution in [1.82, 2.24) is 4.98 Å². The first kappa shape index (κ1) is 11.6. The van der Waals surface area contributed by atoms with E-state index in [0.29, 0.717) is 6.42 Å². The van der Waals surface area contributed by atoms with Crippen molar-refractivity contribution in [3.05, 3.63) is 29.6 Å². The Morgan fingerprint density at radius 1 is 1.56 bits per heavy atom. The third-order valence-electron chi connectivity index (χ3n) is 3.20.